The number of hydrogen-bond donors (Lipinski definition) is 1. The molecule has 0 saturated carbocycles. The van der Waals surface area contributed by atoms with Gasteiger partial charge in [0.05, 0.1) is 10.3 Å². The molecular formula is C15H19Cl2NO2S. The number of likely N-dealkylation sites (tertiary alicyclic amines) is 1. The van der Waals surface area contributed by atoms with Crippen molar-refractivity contribution in [1.82, 2.24) is 4.90 Å². The van der Waals surface area contributed by atoms with E-state index in [2.05, 4.69) is 0 Å². The maximum atomic E-state index is 12.5. The zero-order valence-corrected chi connectivity index (χ0v) is 14.2. The number of carbonyl (C=O) groups is 1. The number of carbonyl (C=O) groups excluding carboxylic acids is 1. The van der Waals surface area contributed by atoms with Crippen molar-refractivity contribution in [1.29, 1.82) is 0 Å². The van der Waals surface area contributed by atoms with Gasteiger partial charge in [-0.15, -0.1) is 11.8 Å². The lowest BCUT2D eigenvalue weighted by Gasteiger charge is -2.33. The molecule has 0 radical (unpaired) electrons. The molecule has 2 rings (SSSR count). The highest BCUT2D eigenvalue weighted by atomic mass is 35.5. The summed E-state index contributed by atoms with van der Waals surface area (Å²) in [6, 6.07) is 5.26. The van der Waals surface area contributed by atoms with Gasteiger partial charge in [0.1, 0.15) is 0 Å². The van der Waals surface area contributed by atoms with Gasteiger partial charge in [-0.05, 0) is 43.9 Å². The highest BCUT2D eigenvalue weighted by molar-refractivity contribution is 8.00. The summed E-state index contributed by atoms with van der Waals surface area (Å²) in [6.45, 7) is 3.44. The standard InChI is InChI=1S/C15H19Cl2NO2S/c1-10(21-14-7-12(16)4-5-13(14)17)15(20)18-6-2-3-11(8-18)9-19/h4-5,7,10-11,19H,2-3,6,8-9H2,1H3. The van der Waals surface area contributed by atoms with E-state index in [4.69, 9.17) is 23.2 Å². The first-order valence-corrected chi connectivity index (χ1v) is 8.66. The molecule has 3 nitrogen and oxygen atoms in total. The Morgan fingerprint density at radius 1 is 1.52 bits per heavy atom. The van der Waals surface area contributed by atoms with Crippen molar-refractivity contribution in [3.8, 4) is 0 Å². The number of hydrogen-bond acceptors (Lipinski definition) is 3. The summed E-state index contributed by atoms with van der Waals surface area (Å²) in [5.41, 5.74) is 0. The number of aliphatic hydroxyl groups is 1. The number of aliphatic hydroxyl groups excluding tert-OH is 1. The molecule has 1 amide bonds. The minimum Gasteiger partial charge on any atom is -0.396 e. The van der Waals surface area contributed by atoms with Crippen LogP contribution in [0.2, 0.25) is 10.0 Å². The molecule has 2 unspecified atom stereocenters. The second-order valence-corrected chi connectivity index (χ2v) is 7.54. The zero-order chi connectivity index (χ0) is 15.4. The molecule has 0 spiro atoms. The third kappa shape index (κ3) is 4.52. The topological polar surface area (TPSA) is 40.5 Å². The van der Waals surface area contributed by atoms with E-state index in [1.807, 2.05) is 11.8 Å². The number of amides is 1. The summed E-state index contributed by atoms with van der Waals surface area (Å²) in [7, 11) is 0. The van der Waals surface area contributed by atoms with E-state index in [9.17, 15) is 9.90 Å². The lowest BCUT2D eigenvalue weighted by molar-refractivity contribution is -0.132. The average molecular weight is 348 g/mol. The summed E-state index contributed by atoms with van der Waals surface area (Å²) >= 11 is 13.5. The summed E-state index contributed by atoms with van der Waals surface area (Å²) in [4.78, 5) is 15.2. The van der Waals surface area contributed by atoms with Gasteiger partial charge in [0.2, 0.25) is 5.91 Å². The van der Waals surface area contributed by atoms with Crippen LogP contribution >= 0.6 is 35.0 Å². The van der Waals surface area contributed by atoms with Crippen LogP contribution in [-0.4, -0.2) is 40.9 Å². The van der Waals surface area contributed by atoms with E-state index >= 15 is 0 Å². The summed E-state index contributed by atoms with van der Waals surface area (Å²) < 4.78 is 0. The third-order valence-electron chi connectivity index (χ3n) is 3.63. The maximum absolute atomic E-state index is 12.5. The number of halogens is 2. The Hall–Kier alpha value is -0.420. The molecule has 1 heterocycles. The van der Waals surface area contributed by atoms with Gasteiger partial charge in [-0.2, -0.15) is 0 Å². The van der Waals surface area contributed by atoms with E-state index < -0.39 is 0 Å². The Morgan fingerprint density at radius 2 is 2.29 bits per heavy atom. The van der Waals surface area contributed by atoms with Crippen LogP contribution in [0.4, 0.5) is 0 Å². The molecule has 1 N–H and O–H groups in total. The minimum absolute atomic E-state index is 0.0918. The fourth-order valence-electron chi connectivity index (χ4n) is 2.48. The third-order valence-corrected chi connectivity index (χ3v) is 5.46. The second-order valence-electron chi connectivity index (χ2n) is 5.31. The number of thioether (sulfide) groups is 1. The quantitative estimate of drug-likeness (QED) is 0.844. The van der Waals surface area contributed by atoms with Gasteiger partial charge in [-0.25, -0.2) is 0 Å². The lowest BCUT2D eigenvalue weighted by Crippen LogP contribution is -2.44. The van der Waals surface area contributed by atoms with Crippen LogP contribution in [-0.2, 0) is 4.79 Å². The van der Waals surface area contributed by atoms with Gasteiger partial charge in [-0.3, -0.25) is 4.79 Å². The summed E-state index contributed by atoms with van der Waals surface area (Å²) in [5, 5.41) is 10.3. The highest BCUT2D eigenvalue weighted by Crippen LogP contribution is 2.33. The number of benzene rings is 1. The largest absolute Gasteiger partial charge is 0.396 e. The normalized spacial score (nSPS) is 20.4. The van der Waals surface area contributed by atoms with Crippen LogP contribution in [0.3, 0.4) is 0 Å². The Balaban J connectivity index is 2.00. The van der Waals surface area contributed by atoms with E-state index in [1.165, 1.54) is 11.8 Å². The number of piperidine rings is 1. The Kier molecular flexibility index (Phi) is 6.23. The summed E-state index contributed by atoms with van der Waals surface area (Å²) in [5.74, 6) is 0.295. The molecule has 1 saturated heterocycles. The van der Waals surface area contributed by atoms with Gasteiger partial charge in [0.25, 0.3) is 0 Å². The molecule has 116 valence electrons. The Bertz CT molecular complexity index is 512. The van der Waals surface area contributed by atoms with Gasteiger partial charge >= 0.3 is 0 Å². The Labute approximate surface area is 139 Å². The molecule has 1 aromatic carbocycles. The zero-order valence-electron chi connectivity index (χ0n) is 11.9. The molecule has 1 aliphatic rings. The van der Waals surface area contributed by atoms with Crippen LogP contribution < -0.4 is 0 Å². The van der Waals surface area contributed by atoms with E-state index in [0.29, 0.717) is 16.6 Å². The smallest absolute Gasteiger partial charge is 0.235 e. The van der Waals surface area contributed by atoms with Crippen LogP contribution in [0.1, 0.15) is 19.8 Å². The molecular weight excluding hydrogens is 329 g/mol. The van der Waals surface area contributed by atoms with E-state index in [-0.39, 0.29) is 23.7 Å². The molecule has 21 heavy (non-hydrogen) atoms. The van der Waals surface area contributed by atoms with Crippen molar-refractivity contribution in [2.45, 2.75) is 29.9 Å². The van der Waals surface area contributed by atoms with Crippen molar-refractivity contribution < 1.29 is 9.90 Å². The molecule has 0 bridgehead atoms. The molecule has 6 heteroatoms. The predicted octanol–water partition coefficient (Wildman–Crippen LogP) is 3.70. The highest BCUT2D eigenvalue weighted by Gasteiger charge is 2.27. The molecule has 1 aliphatic heterocycles. The molecule has 1 fully saturated rings. The van der Waals surface area contributed by atoms with Gasteiger partial charge in [0.15, 0.2) is 0 Å². The van der Waals surface area contributed by atoms with Crippen molar-refractivity contribution >= 4 is 40.9 Å². The number of rotatable bonds is 4. The molecule has 0 aromatic heterocycles. The van der Waals surface area contributed by atoms with Crippen molar-refractivity contribution in [3.05, 3.63) is 28.2 Å². The van der Waals surface area contributed by atoms with Crippen LogP contribution in [0.15, 0.2) is 23.1 Å². The van der Waals surface area contributed by atoms with Gasteiger partial charge in [-0.1, -0.05) is 23.2 Å². The second kappa shape index (κ2) is 7.73. The monoisotopic (exact) mass is 347 g/mol. The fourth-order valence-corrected chi connectivity index (χ4v) is 3.97. The fraction of sp³-hybridized carbons (Fsp3) is 0.533. The van der Waals surface area contributed by atoms with E-state index in [1.54, 1.807) is 18.2 Å². The van der Waals surface area contributed by atoms with E-state index in [0.717, 1.165) is 24.3 Å². The first kappa shape index (κ1) is 16.9. The summed E-state index contributed by atoms with van der Waals surface area (Å²) in [6.07, 6.45) is 1.94. The van der Waals surface area contributed by atoms with Gasteiger partial charge in [0, 0.05) is 29.6 Å². The van der Waals surface area contributed by atoms with Gasteiger partial charge < -0.3 is 10.0 Å². The predicted molar refractivity (Wildman–Crippen MR) is 88.2 cm³/mol. The number of nitrogens with zero attached hydrogens (tertiary/aromatic N) is 1. The molecule has 2 atom stereocenters. The molecule has 1 aromatic rings. The minimum atomic E-state index is -0.224. The first-order chi connectivity index (χ1) is 10.0. The van der Waals surface area contributed by atoms with Crippen LogP contribution in [0, 0.1) is 5.92 Å². The van der Waals surface area contributed by atoms with Crippen LogP contribution in [0.25, 0.3) is 0 Å². The molecule has 0 aliphatic carbocycles. The first-order valence-electron chi connectivity index (χ1n) is 7.02. The maximum Gasteiger partial charge on any atom is 0.235 e. The SMILES string of the molecule is CC(Sc1cc(Cl)ccc1Cl)C(=O)N1CCCC(CO)C1. The Morgan fingerprint density at radius 3 is 3.00 bits per heavy atom. The van der Waals surface area contributed by atoms with Crippen molar-refractivity contribution in [2.24, 2.45) is 5.92 Å². The van der Waals surface area contributed by atoms with Crippen molar-refractivity contribution in [3.63, 3.8) is 0 Å². The van der Waals surface area contributed by atoms with Crippen LogP contribution in [0.5, 0.6) is 0 Å². The van der Waals surface area contributed by atoms with Crippen molar-refractivity contribution in [2.75, 3.05) is 19.7 Å². The lowest BCUT2D eigenvalue weighted by atomic mass is 9.99. The average Bonchev–Trinajstić information content (AvgIpc) is 2.50.